The number of cyclic esters (lactones) is 3. The zero-order valence-corrected chi connectivity index (χ0v) is 68.5. The number of phenolic OH excluding ortho intramolecular Hbond substituents is 1. The first-order chi connectivity index (χ1) is 52.4. The van der Waals surface area contributed by atoms with E-state index in [1.54, 1.807) is 71.4 Å². The van der Waals surface area contributed by atoms with Gasteiger partial charge in [0.25, 0.3) is 0 Å². The van der Waals surface area contributed by atoms with E-state index in [1.165, 1.54) is 38.5 Å². The van der Waals surface area contributed by atoms with Crippen LogP contribution in [0.3, 0.4) is 0 Å². The fraction of sp³-hybridized carbons (Fsp3) is 0.459. The summed E-state index contributed by atoms with van der Waals surface area (Å²) >= 11 is 0. The molecule has 0 saturated carbocycles. The van der Waals surface area contributed by atoms with Crippen molar-refractivity contribution in [1.82, 2.24) is 0 Å². The van der Waals surface area contributed by atoms with E-state index in [9.17, 15) is 39.6 Å². The number of hydrogen-bond donors (Lipinski definition) is 5. The Morgan fingerprint density at radius 3 is 1.31 bits per heavy atom. The Hall–Kier alpha value is -8.22. The molecule has 8 unspecified atom stereocenters. The molecule has 5 aliphatic rings. The van der Waals surface area contributed by atoms with Crippen LogP contribution in [0.1, 0.15) is 160 Å². The van der Waals surface area contributed by atoms with Crippen molar-refractivity contribution in [3.8, 4) is 40.2 Å². The Kier molecular flexibility index (Phi) is 36.1. The summed E-state index contributed by atoms with van der Waals surface area (Å²) < 4.78 is 86.7. The molecule has 5 aromatic carbocycles. The number of aromatic hydroxyl groups is 1. The zero-order valence-electron chi connectivity index (χ0n) is 66.5. The Balaban J connectivity index is 0.000000262. The number of benzene rings is 5. The molecule has 2 fully saturated rings. The van der Waals surface area contributed by atoms with Gasteiger partial charge < -0.3 is 103 Å². The summed E-state index contributed by atoms with van der Waals surface area (Å²) in [5.74, 6) is 3.53. The summed E-state index contributed by atoms with van der Waals surface area (Å²) in [4.78, 5) is 51.6. The summed E-state index contributed by atoms with van der Waals surface area (Å²) in [6, 6.07) is 25.4. The number of esters is 3. The zero-order chi connectivity index (χ0) is 80.6. The van der Waals surface area contributed by atoms with Gasteiger partial charge in [0.05, 0.1) is 38.6 Å². The topological polar surface area (TPSA) is 332 Å². The smallest absolute Gasteiger partial charge is 0.553 e. The third-order valence-corrected chi connectivity index (χ3v) is 18.9. The van der Waals surface area contributed by atoms with E-state index in [1.807, 2.05) is 140 Å². The van der Waals surface area contributed by atoms with Crippen LogP contribution in [0.5, 0.6) is 40.2 Å². The van der Waals surface area contributed by atoms with Crippen molar-refractivity contribution in [2.75, 3.05) is 42.0 Å². The average molecular weight is 1550 g/mol. The number of aliphatic hydroxyl groups excluding tert-OH is 3. The van der Waals surface area contributed by atoms with Gasteiger partial charge in [-0.25, -0.2) is 14.4 Å². The van der Waals surface area contributed by atoms with Gasteiger partial charge in [-0.1, -0.05) is 125 Å². The molecule has 5 aliphatic heterocycles. The van der Waals surface area contributed by atoms with E-state index in [0.717, 1.165) is 28.2 Å². The van der Waals surface area contributed by atoms with E-state index < -0.39 is 78.0 Å². The molecule has 5 aromatic rings. The first-order valence-corrected chi connectivity index (χ1v) is 36.5. The number of fused-ring (bicyclic) bond motifs is 5. The van der Waals surface area contributed by atoms with Gasteiger partial charge in [0.2, 0.25) is 0 Å². The molecule has 0 aliphatic carbocycles. The fourth-order valence-corrected chi connectivity index (χ4v) is 12.3. The standard InChI is InChI=1S/C33H42O8.C32H40O9.C20H24O6.H2NO.Na/c1-21-11-12-22(2)31-28(40-33(4,5)41-31)10-8-9-25-17-27(37-19-24-13-15-26(36-7)16-14-24)18-29(38-20-35-6)30(25)32(34)39-23(21)3;1-20-10-15-26(33)30-27(40-32(3,4)41-30)9-7-8-23-16-25(37-18-22-11-13-24(36-6)14-12-22)17-28(38-19-35-5)29(23)31(34)39-21(20)2;1-11-9-14-5-4-6-15(21)19(24)16(22)8-7-12(2)13(3)26-20(25)18(14)17(23)10-11;1-2;/h8-9,11-18,21-23,28,31H,10,19-20H2,1-7H3;7-8,10-17,20-21,26-27,30,33H,9,18-19H2,1-6H3;4-5,7-10,12-13,15,19,21,23-24H,6H2,1-3H3;1-2H;/q;;;-1;+1/b9-8+,12-11-;8-7+,15-10-;5-4+,8-7-;;/t21-,22?,23?,28?,31?;20-,21?,26?,27?,30?;12-,13+,15+,19+;;/m111../s1. The number of ether oxygens (including phenoxy) is 15. The molecule has 26 heteroatoms. The SMILES string of the molecule is COCOc1cc(OCc2ccc(OC)cc2)cc2c1C(=O)OC(C)[C@H](C)/C=C\C(C)C1OC(C)(C)OC1C/C=C/2.COCOc1cc(OCc2ccc(OC)cc2)cc2c1C(=O)OC(C)[C@H](C)/C=C\C(O)C1OC(C)(C)OC1C/C=C/2.Cc1cc(O)c2c(c1)/C=C/C[C@H](O)[C@H](O)C(=O)/C=C\[C@@H](C)[C@H](C)OC2=O.[NH-]O.[Na+]. The molecular formula is C85H108NNaO24. The van der Waals surface area contributed by atoms with Gasteiger partial charge in [-0.2, -0.15) is 0 Å². The third kappa shape index (κ3) is 26.7. The van der Waals surface area contributed by atoms with Crippen LogP contribution < -0.4 is 58.0 Å². The number of methoxy groups -OCH3 is 4. The van der Waals surface area contributed by atoms with Crippen LogP contribution in [0, 0.1) is 30.6 Å². The second-order valence-corrected chi connectivity index (χ2v) is 28.4. The summed E-state index contributed by atoms with van der Waals surface area (Å²) in [6.07, 6.45) is 15.8. The van der Waals surface area contributed by atoms with Crippen molar-refractivity contribution >= 4 is 41.9 Å². The number of ketones is 1. The Morgan fingerprint density at radius 1 is 0.459 bits per heavy atom. The van der Waals surface area contributed by atoms with Crippen LogP contribution in [0.25, 0.3) is 24.1 Å². The number of hydrogen-bond acceptors (Lipinski definition) is 24. The van der Waals surface area contributed by atoms with E-state index >= 15 is 0 Å². The van der Waals surface area contributed by atoms with Crippen LogP contribution in [0.2, 0.25) is 0 Å². The van der Waals surface area contributed by atoms with Crippen molar-refractivity contribution in [2.24, 2.45) is 23.7 Å². The van der Waals surface area contributed by atoms with Crippen molar-refractivity contribution in [2.45, 2.75) is 188 Å². The van der Waals surface area contributed by atoms with E-state index in [4.69, 9.17) is 82.2 Å². The largest absolute Gasteiger partial charge is 1.00 e. The van der Waals surface area contributed by atoms with Gasteiger partial charge in [0, 0.05) is 50.0 Å². The first kappa shape index (κ1) is 91.7. The second kappa shape index (κ2) is 43.7. The third-order valence-electron chi connectivity index (χ3n) is 18.9. The minimum Gasteiger partial charge on any atom is -0.553 e. The van der Waals surface area contributed by atoms with E-state index in [2.05, 4.69) is 19.1 Å². The Labute approximate surface area is 673 Å². The maximum atomic E-state index is 13.6. The van der Waals surface area contributed by atoms with Crippen molar-refractivity contribution in [1.29, 1.82) is 0 Å². The molecule has 10 rings (SSSR count). The molecule has 6 N–H and O–H groups in total. The number of nitrogens with one attached hydrogen (secondary N) is 1. The quantitative estimate of drug-likeness (QED) is 0.0172. The molecule has 0 radical (unpaired) electrons. The molecular weight excluding hydrogens is 1440 g/mol. The molecule has 25 nitrogen and oxygen atoms in total. The molecule has 2 saturated heterocycles. The average Bonchev–Trinajstić information content (AvgIpc) is 1.54. The fourth-order valence-electron chi connectivity index (χ4n) is 12.3. The normalized spacial score (nSPS) is 27.4. The number of carbonyl (C=O) groups is 4. The van der Waals surface area contributed by atoms with Crippen LogP contribution in [0.4, 0.5) is 0 Å². The molecule has 0 bridgehead atoms. The van der Waals surface area contributed by atoms with Crippen LogP contribution in [-0.4, -0.2) is 164 Å². The number of phenols is 1. The molecule has 0 aromatic heterocycles. The predicted molar refractivity (Wildman–Crippen MR) is 412 cm³/mol. The van der Waals surface area contributed by atoms with E-state index in [0.29, 0.717) is 65.6 Å². The molecule has 0 spiro atoms. The Bertz CT molecular complexity index is 3840. The minimum atomic E-state index is -1.53. The number of carbonyl (C=O) groups excluding carboxylic acids is 4. The van der Waals surface area contributed by atoms with Crippen molar-refractivity contribution in [3.05, 3.63) is 196 Å². The van der Waals surface area contributed by atoms with Gasteiger partial charge in [0.15, 0.2) is 30.9 Å². The Morgan fingerprint density at radius 2 is 0.856 bits per heavy atom. The molecule has 14 atom stereocenters. The maximum Gasteiger partial charge on any atom is 1.00 e. The number of rotatable bonds is 14. The molecule has 5 heterocycles. The first-order valence-electron chi connectivity index (χ1n) is 36.5. The minimum absolute atomic E-state index is 0. The van der Waals surface area contributed by atoms with Gasteiger partial charge in [-0.3, -0.25) is 4.79 Å². The predicted octanol–water partition coefficient (Wildman–Crippen LogP) is 11.4. The van der Waals surface area contributed by atoms with Crippen molar-refractivity contribution in [3.63, 3.8) is 0 Å². The summed E-state index contributed by atoms with van der Waals surface area (Å²) in [5.41, 5.74) is 4.88. The maximum absolute atomic E-state index is 13.6. The summed E-state index contributed by atoms with van der Waals surface area (Å²) in [5, 5.41) is 47.3. The molecule has 0 amide bonds. The second-order valence-electron chi connectivity index (χ2n) is 28.4. The molecule has 111 heavy (non-hydrogen) atoms. The van der Waals surface area contributed by atoms with Gasteiger partial charge in [0.1, 0.15) is 107 Å². The van der Waals surface area contributed by atoms with Gasteiger partial charge >= 0.3 is 47.5 Å². The summed E-state index contributed by atoms with van der Waals surface area (Å²) in [6.45, 7) is 23.0. The van der Waals surface area contributed by atoms with E-state index in [-0.39, 0.29) is 114 Å². The van der Waals surface area contributed by atoms with Crippen LogP contribution in [0.15, 0.2) is 140 Å². The van der Waals surface area contributed by atoms with Crippen LogP contribution in [-0.2, 0) is 60.6 Å². The van der Waals surface area contributed by atoms with Gasteiger partial charge in [-0.05, 0) is 157 Å². The molecule has 598 valence electrons. The number of aryl methyl sites for hydroxylation is 1. The van der Waals surface area contributed by atoms with Crippen LogP contribution >= 0.6 is 0 Å². The monoisotopic (exact) mass is 1550 g/mol. The van der Waals surface area contributed by atoms with Gasteiger partial charge in [-0.15, -0.1) is 0 Å². The number of aliphatic hydroxyl groups is 3. The summed E-state index contributed by atoms with van der Waals surface area (Å²) in [7, 11) is 6.29. The van der Waals surface area contributed by atoms with Crippen molar-refractivity contribution < 1.29 is 145 Å².